The molecule has 1 fully saturated rings. The predicted octanol–water partition coefficient (Wildman–Crippen LogP) is 0.710. The largest absolute Gasteiger partial charge is 0.444 e. The molecule has 0 aliphatic carbocycles. The highest BCUT2D eigenvalue weighted by molar-refractivity contribution is 5.81. The number of hydrogen-bond donors (Lipinski definition) is 0. The first-order chi connectivity index (χ1) is 8.20. The lowest BCUT2D eigenvalue weighted by atomic mass is 10.2. The maximum Gasteiger partial charge on any atom is 0.410 e. The van der Waals surface area contributed by atoms with E-state index in [9.17, 15) is 9.59 Å². The minimum absolute atomic E-state index is 0.136. The Morgan fingerprint density at radius 1 is 1.33 bits per heavy atom. The van der Waals surface area contributed by atoms with E-state index in [4.69, 9.17) is 9.47 Å². The quantitative estimate of drug-likeness (QED) is 0.695. The summed E-state index contributed by atoms with van der Waals surface area (Å²) in [5.74, 6) is -0.136. The predicted molar refractivity (Wildman–Crippen MR) is 66.2 cm³/mol. The number of nitrogens with zero attached hydrogens (tertiary/aromatic N) is 2. The Morgan fingerprint density at radius 3 is 2.44 bits per heavy atom. The van der Waals surface area contributed by atoms with Crippen molar-refractivity contribution < 1.29 is 19.1 Å². The lowest BCUT2D eigenvalue weighted by molar-refractivity contribution is -0.146. The molecule has 1 rings (SSSR count). The van der Waals surface area contributed by atoms with Crippen LogP contribution < -0.4 is 0 Å². The second kappa shape index (κ2) is 5.56. The van der Waals surface area contributed by atoms with Crippen LogP contribution in [0.2, 0.25) is 0 Å². The summed E-state index contributed by atoms with van der Waals surface area (Å²) in [7, 11) is 3.33. The van der Waals surface area contributed by atoms with Gasteiger partial charge in [0.05, 0.1) is 13.2 Å². The highest BCUT2D eigenvalue weighted by Crippen LogP contribution is 2.13. The first kappa shape index (κ1) is 14.8. The average Bonchev–Trinajstić information content (AvgIpc) is 2.25. The topological polar surface area (TPSA) is 59.1 Å². The number of amides is 2. The van der Waals surface area contributed by atoms with Crippen LogP contribution in [0.5, 0.6) is 0 Å². The highest BCUT2D eigenvalue weighted by atomic mass is 16.6. The Bertz CT molecular complexity index is 323. The third kappa shape index (κ3) is 4.18. The van der Waals surface area contributed by atoms with Crippen LogP contribution in [-0.4, -0.2) is 67.3 Å². The monoisotopic (exact) mass is 258 g/mol. The van der Waals surface area contributed by atoms with Gasteiger partial charge in [-0.3, -0.25) is 4.79 Å². The molecular formula is C12H22N2O4. The van der Waals surface area contributed by atoms with E-state index in [1.54, 1.807) is 14.1 Å². The molecule has 1 aliphatic rings. The lowest BCUT2D eigenvalue weighted by Crippen LogP contribution is -2.52. The van der Waals surface area contributed by atoms with Crippen molar-refractivity contribution in [2.24, 2.45) is 0 Å². The fourth-order valence-electron chi connectivity index (χ4n) is 1.58. The molecule has 0 bridgehead atoms. The molecule has 0 aromatic rings. The molecular weight excluding hydrogens is 236 g/mol. The van der Waals surface area contributed by atoms with E-state index >= 15 is 0 Å². The molecule has 2 amide bonds. The molecule has 1 unspecified atom stereocenters. The zero-order chi connectivity index (χ0) is 13.9. The number of carbonyl (C=O) groups is 2. The highest BCUT2D eigenvalue weighted by Gasteiger charge is 2.32. The first-order valence-electron chi connectivity index (χ1n) is 6.01. The number of hydrogen-bond acceptors (Lipinski definition) is 4. The Hall–Kier alpha value is -1.30. The van der Waals surface area contributed by atoms with E-state index in [-0.39, 0.29) is 12.5 Å². The SMILES string of the molecule is CN(C)C(=O)C1CN(C(=O)OC(C)(C)C)CCO1. The molecule has 1 heterocycles. The van der Waals surface area contributed by atoms with Gasteiger partial charge in [-0.2, -0.15) is 0 Å². The fourth-order valence-corrected chi connectivity index (χ4v) is 1.58. The molecule has 1 atom stereocenters. The van der Waals surface area contributed by atoms with E-state index in [1.165, 1.54) is 9.80 Å². The summed E-state index contributed by atoms with van der Waals surface area (Å²) in [5.41, 5.74) is -0.531. The van der Waals surface area contributed by atoms with E-state index in [2.05, 4.69) is 0 Å². The summed E-state index contributed by atoms with van der Waals surface area (Å²) in [6.45, 7) is 6.48. The normalized spacial score (nSPS) is 20.5. The molecule has 0 spiro atoms. The van der Waals surface area contributed by atoms with E-state index < -0.39 is 17.8 Å². The minimum Gasteiger partial charge on any atom is -0.444 e. The van der Waals surface area contributed by atoms with Crippen molar-refractivity contribution in [3.63, 3.8) is 0 Å². The van der Waals surface area contributed by atoms with Gasteiger partial charge in [0.15, 0.2) is 6.10 Å². The van der Waals surface area contributed by atoms with Gasteiger partial charge < -0.3 is 19.3 Å². The van der Waals surface area contributed by atoms with Gasteiger partial charge in [-0.05, 0) is 20.8 Å². The molecule has 0 saturated carbocycles. The van der Waals surface area contributed by atoms with Crippen molar-refractivity contribution in [1.82, 2.24) is 9.80 Å². The van der Waals surface area contributed by atoms with Crippen molar-refractivity contribution >= 4 is 12.0 Å². The average molecular weight is 258 g/mol. The Morgan fingerprint density at radius 2 is 1.94 bits per heavy atom. The van der Waals surface area contributed by atoms with E-state index in [0.717, 1.165) is 0 Å². The van der Waals surface area contributed by atoms with Crippen molar-refractivity contribution in [1.29, 1.82) is 0 Å². The summed E-state index contributed by atoms with van der Waals surface area (Å²) in [4.78, 5) is 26.6. The van der Waals surface area contributed by atoms with Gasteiger partial charge in [0.2, 0.25) is 0 Å². The van der Waals surface area contributed by atoms with Crippen molar-refractivity contribution in [3.8, 4) is 0 Å². The Balaban J connectivity index is 2.59. The van der Waals surface area contributed by atoms with Crippen LogP contribution >= 0.6 is 0 Å². The fraction of sp³-hybridized carbons (Fsp3) is 0.833. The minimum atomic E-state index is -0.596. The third-order valence-electron chi connectivity index (χ3n) is 2.43. The summed E-state index contributed by atoms with van der Waals surface area (Å²) < 4.78 is 10.6. The molecule has 0 radical (unpaired) electrons. The molecule has 0 aromatic heterocycles. The van der Waals surface area contributed by atoms with E-state index in [1.807, 2.05) is 20.8 Å². The van der Waals surface area contributed by atoms with Crippen LogP contribution in [-0.2, 0) is 14.3 Å². The lowest BCUT2D eigenvalue weighted by Gasteiger charge is -2.34. The summed E-state index contributed by atoms with van der Waals surface area (Å²) >= 11 is 0. The molecule has 0 N–H and O–H groups in total. The first-order valence-corrected chi connectivity index (χ1v) is 6.01. The van der Waals surface area contributed by atoms with Crippen LogP contribution in [0.25, 0.3) is 0 Å². The number of ether oxygens (including phenoxy) is 2. The zero-order valence-electron chi connectivity index (χ0n) is 11.7. The molecule has 18 heavy (non-hydrogen) atoms. The molecule has 104 valence electrons. The van der Waals surface area contributed by atoms with Crippen molar-refractivity contribution in [2.75, 3.05) is 33.8 Å². The zero-order valence-corrected chi connectivity index (χ0v) is 11.7. The van der Waals surface area contributed by atoms with Gasteiger partial charge in [-0.25, -0.2) is 4.79 Å². The molecule has 1 aliphatic heterocycles. The van der Waals surface area contributed by atoms with Gasteiger partial charge in [-0.1, -0.05) is 0 Å². The maximum absolute atomic E-state index is 11.9. The summed E-state index contributed by atoms with van der Waals surface area (Å²) in [5, 5.41) is 0. The molecule has 0 aromatic carbocycles. The number of carbonyl (C=O) groups excluding carboxylic acids is 2. The van der Waals surface area contributed by atoms with Crippen LogP contribution in [0.15, 0.2) is 0 Å². The molecule has 6 heteroatoms. The third-order valence-corrected chi connectivity index (χ3v) is 2.43. The van der Waals surface area contributed by atoms with Gasteiger partial charge in [-0.15, -0.1) is 0 Å². The standard InChI is InChI=1S/C12H22N2O4/c1-12(2,3)18-11(16)14-6-7-17-9(8-14)10(15)13(4)5/h9H,6-8H2,1-5H3. The summed E-state index contributed by atoms with van der Waals surface area (Å²) in [6, 6.07) is 0. The van der Waals surface area contributed by atoms with Crippen LogP contribution in [0.1, 0.15) is 20.8 Å². The summed E-state index contributed by atoms with van der Waals surface area (Å²) in [6.07, 6.45) is -0.997. The van der Waals surface area contributed by atoms with E-state index in [0.29, 0.717) is 13.2 Å². The van der Waals surface area contributed by atoms with Crippen molar-refractivity contribution in [3.05, 3.63) is 0 Å². The van der Waals surface area contributed by atoms with Crippen LogP contribution in [0.4, 0.5) is 4.79 Å². The second-order valence-corrected chi connectivity index (χ2v) is 5.52. The smallest absolute Gasteiger partial charge is 0.410 e. The van der Waals surface area contributed by atoms with Crippen LogP contribution in [0.3, 0.4) is 0 Å². The van der Waals surface area contributed by atoms with Gasteiger partial charge in [0.1, 0.15) is 5.60 Å². The van der Waals surface area contributed by atoms with Crippen LogP contribution in [0, 0.1) is 0 Å². The van der Waals surface area contributed by atoms with Gasteiger partial charge in [0, 0.05) is 20.6 Å². The van der Waals surface area contributed by atoms with Crippen molar-refractivity contribution in [2.45, 2.75) is 32.5 Å². The molecule has 6 nitrogen and oxygen atoms in total. The number of morpholine rings is 1. The second-order valence-electron chi connectivity index (χ2n) is 5.52. The maximum atomic E-state index is 11.9. The van der Waals surface area contributed by atoms with Gasteiger partial charge >= 0.3 is 6.09 Å². The molecule has 1 saturated heterocycles. The number of rotatable bonds is 1. The Labute approximate surface area is 108 Å². The van der Waals surface area contributed by atoms with Gasteiger partial charge in [0.25, 0.3) is 5.91 Å². The number of likely N-dealkylation sites (N-methyl/N-ethyl adjacent to an activating group) is 1. The Kier molecular flexibility index (Phi) is 4.56.